The minimum Gasteiger partial charge on any atom is -0.459 e. The van der Waals surface area contributed by atoms with Crippen LogP contribution in [0.1, 0.15) is 80.1 Å². The summed E-state index contributed by atoms with van der Waals surface area (Å²) in [5.41, 5.74) is -3.74. The first kappa shape index (κ1) is 35.7. The number of rotatable bonds is 21. The summed E-state index contributed by atoms with van der Waals surface area (Å²) in [7, 11) is -4.54. The van der Waals surface area contributed by atoms with Crippen molar-refractivity contribution in [2.45, 2.75) is 96.9 Å². The van der Waals surface area contributed by atoms with Gasteiger partial charge < -0.3 is 14.2 Å². The van der Waals surface area contributed by atoms with Crippen LogP contribution in [0.4, 0.5) is 0 Å². The van der Waals surface area contributed by atoms with Gasteiger partial charge in [0.25, 0.3) is 0 Å². The molecule has 11 heteroatoms. The highest BCUT2D eigenvalue weighted by Crippen LogP contribution is 2.60. The predicted octanol–water partition coefficient (Wildman–Crippen LogP) is 6.01. The third-order valence-corrected chi connectivity index (χ3v) is 8.55. The van der Waals surface area contributed by atoms with E-state index in [0.29, 0.717) is 0 Å². The molecule has 0 atom stereocenters. The van der Waals surface area contributed by atoms with E-state index < -0.39 is 42.5 Å². The fourth-order valence-corrected chi connectivity index (χ4v) is 5.85. The number of hydrogen-bond acceptors (Lipinski definition) is 10. The summed E-state index contributed by atoms with van der Waals surface area (Å²) in [6.45, 7) is 20.2. The molecule has 0 amide bonds. The van der Waals surface area contributed by atoms with Crippen LogP contribution in [0.5, 0.6) is 0 Å². The van der Waals surface area contributed by atoms with Crippen molar-refractivity contribution in [3.63, 3.8) is 0 Å². The van der Waals surface area contributed by atoms with Crippen molar-refractivity contribution in [2.24, 2.45) is 0 Å². The first-order valence-electron chi connectivity index (χ1n) is 12.9. The molecule has 0 heterocycles. The van der Waals surface area contributed by atoms with Gasteiger partial charge in [-0.15, -0.1) is 0 Å². The summed E-state index contributed by atoms with van der Waals surface area (Å²) in [6, 6.07) is 0. The van der Waals surface area contributed by atoms with Crippen LogP contribution in [0.2, 0.25) is 0 Å². The summed E-state index contributed by atoms with van der Waals surface area (Å²) in [6.07, 6.45) is 4.79. The number of carbonyl (C=O) groups excluding carboxylic acids is 3. The van der Waals surface area contributed by atoms with Crippen LogP contribution in [0.25, 0.3) is 0 Å². The van der Waals surface area contributed by atoms with E-state index in [9.17, 15) is 18.9 Å². The first-order chi connectivity index (χ1) is 17.8. The van der Waals surface area contributed by atoms with Crippen molar-refractivity contribution in [3.8, 4) is 0 Å². The van der Waals surface area contributed by atoms with Crippen LogP contribution in [-0.4, -0.2) is 54.5 Å². The molecule has 0 aliphatic heterocycles. The van der Waals surface area contributed by atoms with Crippen molar-refractivity contribution in [1.29, 1.82) is 0 Å². The number of ether oxygens (including phenoxy) is 3. The van der Waals surface area contributed by atoms with Crippen LogP contribution in [0, 0.1) is 0 Å². The number of esters is 3. The highest BCUT2D eigenvalue weighted by atomic mass is 31.2. The lowest BCUT2D eigenvalue weighted by atomic mass is 9.99. The van der Waals surface area contributed by atoms with E-state index in [4.69, 9.17) is 27.8 Å². The SMILES string of the molecule is C=CC(=O)OCC(CC)(CC)OP(=O)(OC(CC)(CC)COC(=O)C=C)OC(CC)(CC)COC(=O)C=C. The Bertz CT molecular complexity index is 745. The number of phosphoric ester groups is 1. The van der Waals surface area contributed by atoms with Crippen molar-refractivity contribution in [1.82, 2.24) is 0 Å². The van der Waals surface area contributed by atoms with Gasteiger partial charge in [0.15, 0.2) is 0 Å². The Labute approximate surface area is 227 Å². The summed E-state index contributed by atoms with van der Waals surface area (Å²) < 4.78 is 48.9. The molecule has 0 N–H and O–H groups in total. The third kappa shape index (κ3) is 10.8. The van der Waals surface area contributed by atoms with Crippen LogP contribution in [-0.2, 0) is 46.7 Å². The Morgan fingerprint density at radius 1 is 0.553 bits per heavy atom. The normalized spacial score (nSPS) is 12.4. The molecule has 0 unspecified atom stereocenters. The molecule has 0 spiro atoms. The monoisotopic (exact) mass is 560 g/mol. The molecule has 0 aromatic carbocycles. The molecule has 0 aliphatic rings. The van der Waals surface area contributed by atoms with Gasteiger partial charge in [-0.1, -0.05) is 61.3 Å². The molecular formula is C27H45O10P. The smallest absolute Gasteiger partial charge is 0.459 e. The van der Waals surface area contributed by atoms with Gasteiger partial charge in [0.1, 0.15) is 36.6 Å². The minimum absolute atomic E-state index is 0.241. The van der Waals surface area contributed by atoms with Gasteiger partial charge in [0.05, 0.1) is 0 Å². The minimum atomic E-state index is -4.54. The zero-order valence-electron chi connectivity index (χ0n) is 23.7. The van der Waals surface area contributed by atoms with Crippen LogP contribution < -0.4 is 0 Å². The van der Waals surface area contributed by atoms with Crippen molar-refractivity contribution >= 4 is 25.7 Å². The molecule has 0 saturated carbocycles. The Morgan fingerprint density at radius 3 is 0.921 bits per heavy atom. The molecule has 38 heavy (non-hydrogen) atoms. The van der Waals surface area contributed by atoms with E-state index in [-0.39, 0.29) is 58.3 Å². The average molecular weight is 561 g/mol. The van der Waals surface area contributed by atoms with E-state index in [2.05, 4.69) is 19.7 Å². The molecule has 0 radical (unpaired) electrons. The Hall–Kier alpha value is -2.26. The Kier molecular flexibility index (Phi) is 15.7. The van der Waals surface area contributed by atoms with Gasteiger partial charge in [-0.25, -0.2) is 18.9 Å². The fraction of sp³-hybridized carbons (Fsp3) is 0.667. The second kappa shape index (κ2) is 16.6. The second-order valence-electron chi connectivity index (χ2n) is 8.83. The molecule has 0 bridgehead atoms. The lowest BCUT2D eigenvalue weighted by Gasteiger charge is -2.42. The molecule has 0 fully saturated rings. The van der Waals surface area contributed by atoms with Crippen molar-refractivity contribution in [3.05, 3.63) is 38.0 Å². The maximum Gasteiger partial charge on any atom is 0.476 e. The van der Waals surface area contributed by atoms with Gasteiger partial charge in [0, 0.05) is 18.2 Å². The summed E-state index contributed by atoms with van der Waals surface area (Å²) >= 11 is 0. The molecule has 0 aliphatic carbocycles. The van der Waals surface area contributed by atoms with E-state index in [0.717, 1.165) is 18.2 Å². The quantitative estimate of drug-likeness (QED) is 0.0713. The van der Waals surface area contributed by atoms with E-state index in [1.165, 1.54) is 0 Å². The summed E-state index contributed by atoms with van der Waals surface area (Å²) in [5.74, 6) is -2.01. The van der Waals surface area contributed by atoms with Crippen LogP contribution >= 0.6 is 7.82 Å². The average Bonchev–Trinajstić information content (AvgIpc) is 2.94. The lowest BCUT2D eigenvalue weighted by Crippen LogP contribution is -2.44. The zero-order chi connectivity index (χ0) is 29.5. The molecular weight excluding hydrogens is 515 g/mol. The molecule has 0 aromatic rings. The van der Waals surface area contributed by atoms with Gasteiger partial charge >= 0.3 is 25.7 Å². The topological polar surface area (TPSA) is 124 Å². The molecule has 10 nitrogen and oxygen atoms in total. The molecule has 218 valence electrons. The van der Waals surface area contributed by atoms with E-state index in [1.807, 2.05) is 0 Å². The zero-order valence-corrected chi connectivity index (χ0v) is 24.6. The fourth-order valence-electron chi connectivity index (χ4n) is 3.38. The standard InChI is InChI=1S/C27H45O10P/c1-10-22(28)32-19-25(13-4,14-5)35-38(31,36-26(15-6,16-7)20-33-23(29)11-2)37-27(17-8,18-9)21-34-24(30)12-3/h10-12H,1-3,13-21H2,4-9H3. The summed E-state index contributed by atoms with van der Waals surface area (Å²) in [4.78, 5) is 35.4. The lowest BCUT2D eigenvalue weighted by molar-refractivity contribution is -0.156. The maximum atomic E-state index is 14.6. The largest absolute Gasteiger partial charge is 0.476 e. The van der Waals surface area contributed by atoms with Gasteiger partial charge in [-0.05, 0) is 38.5 Å². The van der Waals surface area contributed by atoms with E-state index >= 15 is 0 Å². The number of carbonyl (C=O) groups is 3. The highest BCUT2D eigenvalue weighted by Gasteiger charge is 2.50. The number of phosphoric acid groups is 1. The highest BCUT2D eigenvalue weighted by molar-refractivity contribution is 7.48. The Balaban J connectivity index is 6.64. The van der Waals surface area contributed by atoms with Crippen molar-refractivity contribution in [2.75, 3.05) is 19.8 Å². The third-order valence-electron chi connectivity index (χ3n) is 6.71. The van der Waals surface area contributed by atoms with Gasteiger partial charge in [0.2, 0.25) is 0 Å². The summed E-state index contributed by atoms with van der Waals surface area (Å²) in [5, 5.41) is 0. The van der Waals surface area contributed by atoms with Crippen LogP contribution in [0.3, 0.4) is 0 Å². The molecule has 0 saturated heterocycles. The number of hydrogen-bond donors (Lipinski definition) is 0. The molecule has 0 aromatic heterocycles. The second-order valence-corrected chi connectivity index (χ2v) is 10.3. The van der Waals surface area contributed by atoms with Gasteiger partial charge in [-0.2, -0.15) is 0 Å². The van der Waals surface area contributed by atoms with Crippen molar-refractivity contribution < 1.29 is 46.7 Å². The first-order valence-corrected chi connectivity index (χ1v) is 14.4. The van der Waals surface area contributed by atoms with Gasteiger partial charge in [-0.3, -0.25) is 13.6 Å². The maximum absolute atomic E-state index is 14.6. The Morgan fingerprint density at radius 2 is 0.763 bits per heavy atom. The molecule has 0 rings (SSSR count). The predicted molar refractivity (Wildman–Crippen MR) is 144 cm³/mol. The van der Waals surface area contributed by atoms with Crippen LogP contribution in [0.15, 0.2) is 38.0 Å². The van der Waals surface area contributed by atoms with E-state index in [1.54, 1.807) is 41.5 Å².